The second-order valence-corrected chi connectivity index (χ2v) is 13.3. The van der Waals surface area contributed by atoms with E-state index in [9.17, 15) is 0 Å². The molecule has 0 saturated heterocycles. The number of para-hydroxylation sites is 3. The number of pyridine rings is 1. The molecule has 0 fully saturated rings. The summed E-state index contributed by atoms with van der Waals surface area (Å²) in [6.45, 7) is 0. The Morgan fingerprint density at radius 3 is 1.83 bits per heavy atom. The lowest BCUT2D eigenvalue weighted by atomic mass is 10.0. The molecule has 0 spiro atoms. The van der Waals surface area contributed by atoms with Crippen molar-refractivity contribution in [1.29, 1.82) is 0 Å². The minimum absolute atomic E-state index is 0.653. The molecule has 52 heavy (non-hydrogen) atoms. The highest BCUT2D eigenvalue weighted by molar-refractivity contribution is 6.20. The molecular formula is C47H29N5. The lowest BCUT2D eigenvalue weighted by Crippen LogP contribution is -1.99. The predicted octanol–water partition coefficient (Wildman–Crippen LogP) is 11.7. The zero-order valence-electron chi connectivity index (χ0n) is 28.0. The van der Waals surface area contributed by atoms with Gasteiger partial charge in [-0.25, -0.2) is 15.0 Å². The highest BCUT2D eigenvalue weighted by Crippen LogP contribution is 2.40. The van der Waals surface area contributed by atoms with E-state index in [4.69, 9.17) is 15.0 Å². The lowest BCUT2D eigenvalue weighted by Gasteiger charge is -2.11. The van der Waals surface area contributed by atoms with E-state index in [-0.39, 0.29) is 0 Å². The molecule has 4 aromatic heterocycles. The highest BCUT2D eigenvalue weighted by atomic mass is 15.1. The Labute approximate surface area is 298 Å². The Bertz CT molecular complexity index is 3160. The molecule has 11 rings (SSSR count). The van der Waals surface area contributed by atoms with E-state index < -0.39 is 0 Å². The fraction of sp³-hybridized carbons (Fsp3) is 0. The summed E-state index contributed by atoms with van der Waals surface area (Å²) in [5.74, 6) is 1.49. The minimum Gasteiger partial charge on any atom is -0.309 e. The molecule has 242 valence electrons. The average molecular weight is 664 g/mol. The zero-order chi connectivity index (χ0) is 34.2. The van der Waals surface area contributed by atoms with E-state index >= 15 is 0 Å². The Morgan fingerprint density at radius 1 is 0.385 bits per heavy atom. The molecule has 0 amide bonds. The number of hydrogen-bond donors (Lipinski definition) is 0. The molecule has 0 N–H and O–H groups in total. The van der Waals surface area contributed by atoms with E-state index in [0.29, 0.717) is 5.82 Å². The fourth-order valence-corrected chi connectivity index (χ4v) is 7.94. The van der Waals surface area contributed by atoms with E-state index in [0.717, 1.165) is 55.8 Å². The monoisotopic (exact) mass is 663 g/mol. The van der Waals surface area contributed by atoms with Gasteiger partial charge in [0.2, 0.25) is 0 Å². The van der Waals surface area contributed by atoms with Gasteiger partial charge in [0.25, 0.3) is 0 Å². The highest BCUT2D eigenvalue weighted by Gasteiger charge is 2.20. The summed E-state index contributed by atoms with van der Waals surface area (Å²) in [4.78, 5) is 15.2. The van der Waals surface area contributed by atoms with E-state index in [1.807, 2.05) is 42.6 Å². The molecule has 0 aliphatic heterocycles. The number of fused-ring (bicyclic) bond motifs is 8. The van der Waals surface area contributed by atoms with Crippen molar-refractivity contribution < 1.29 is 0 Å². The maximum Gasteiger partial charge on any atom is 0.161 e. The number of hydrogen-bond acceptors (Lipinski definition) is 3. The van der Waals surface area contributed by atoms with Crippen molar-refractivity contribution in [2.45, 2.75) is 0 Å². The van der Waals surface area contributed by atoms with Crippen LogP contribution in [-0.2, 0) is 0 Å². The van der Waals surface area contributed by atoms with E-state index in [1.165, 1.54) is 37.8 Å². The van der Waals surface area contributed by atoms with Crippen LogP contribution in [0.3, 0.4) is 0 Å². The van der Waals surface area contributed by atoms with Gasteiger partial charge < -0.3 is 4.57 Å². The van der Waals surface area contributed by atoms with Gasteiger partial charge in [-0.1, -0.05) is 109 Å². The summed E-state index contributed by atoms with van der Waals surface area (Å²) in [6.07, 6.45) is 1.90. The Balaban J connectivity index is 1.14. The standard InChI is InChI=1S/C47H29N5/c1-3-13-30(14-4-1)46-36-20-9-11-21-40(36)49-47(50-46)33-23-24-45(48-29-33)52-41-22-12-10-19-35(41)38-27-39-37-25-31-15-7-8-16-32(31)26-42(37)51(43(39)28-44(38)52)34-17-5-2-6-18-34/h1-29H. The van der Waals surface area contributed by atoms with Gasteiger partial charge in [0.15, 0.2) is 5.82 Å². The van der Waals surface area contributed by atoms with Gasteiger partial charge in [-0.2, -0.15) is 0 Å². The molecule has 5 heteroatoms. The molecule has 0 aliphatic carbocycles. The van der Waals surface area contributed by atoms with Crippen molar-refractivity contribution in [3.05, 3.63) is 176 Å². The number of nitrogens with zero attached hydrogens (tertiary/aromatic N) is 5. The van der Waals surface area contributed by atoms with Crippen molar-refractivity contribution in [1.82, 2.24) is 24.1 Å². The normalized spacial score (nSPS) is 11.8. The molecule has 0 saturated carbocycles. The summed E-state index contributed by atoms with van der Waals surface area (Å²) in [6, 6.07) is 60.0. The molecule has 7 aromatic carbocycles. The van der Waals surface area contributed by atoms with Crippen molar-refractivity contribution in [3.8, 4) is 34.2 Å². The third-order valence-corrected chi connectivity index (χ3v) is 10.3. The Morgan fingerprint density at radius 2 is 1.02 bits per heavy atom. The van der Waals surface area contributed by atoms with Crippen LogP contribution in [0.25, 0.3) is 99.4 Å². The first-order valence-corrected chi connectivity index (χ1v) is 17.5. The number of benzene rings is 7. The van der Waals surface area contributed by atoms with Crippen molar-refractivity contribution in [2.24, 2.45) is 0 Å². The predicted molar refractivity (Wildman–Crippen MR) is 214 cm³/mol. The van der Waals surface area contributed by atoms with Crippen molar-refractivity contribution in [3.63, 3.8) is 0 Å². The maximum absolute atomic E-state index is 5.10. The van der Waals surface area contributed by atoms with Gasteiger partial charge in [0.05, 0.1) is 33.3 Å². The van der Waals surface area contributed by atoms with Crippen LogP contribution in [0.1, 0.15) is 0 Å². The van der Waals surface area contributed by atoms with Crippen molar-refractivity contribution in [2.75, 3.05) is 0 Å². The average Bonchev–Trinajstić information content (AvgIpc) is 3.70. The van der Waals surface area contributed by atoms with Crippen LogP contribution in [0.5, 0.6) is 0 Å². The third kappa shape index (κ3) is 4.33. The SMILES string of the molecule is c1ccc(-c2nc(-c3ccc(-n4c5ccccc5c5cc6c7cc8ccccc8cc7n(-c7ccccc7)c6cc54)nc3)nc3ccccc23)cc1. The van der Waals surface area contributed by atoms with Gasteiger partial charge in [-0.15, -0.1) is 0 Å². The molecule has 0 unspecified atom stereocenters. The van der Waals surface area contributed by atoms with Gasteiger partial charge in [0, 0.05) is 49.9 Å². The zero-order valence-corrected chi connectivity index (χ0v) is 28.0. The first-order valence-electron chi connectivity index (χ1n) is 17.5. The summed E-state index contributed by atoms with van der Waals surface area (Å²) in [5.41, 5.74) is 9.44. The van der Waals surface area contributed by atoms with Crippen LogP contribution in [0.2, 0.25) is 0 Å². The molecule has 0 atom stereocenters. The van der Waals surface area contributed by atoms with Gasteiger partial charge in [0.1, 0.15) is 5.82 Å². The molecule has 0 bridgehead atoms. The second-order valence-electron chi connectivity index (χ2n) is 13.3. The summed E-state index contributed by atoms with van der Waals surface area (Å²) in [5, 5.41) is 8.34. The van der Waals surface area contributed by atoms with Crippen LogP contribution in [0.4, 0.5) is 0 Å². The summed E-state index contributed by atoms with van der Waals surface area (Å²) < 4.78 is 4.69. The van der Waals surface area contributed by atoms with Crippen LogP contribution < -0.4 is 0 Å². The van der Waals surface area contributed by atoms with Gasteiger partial charge in [-0.05, 0) is 71.4 Å². The number of rotatable bonds is 4. The maximum atomic E-state index is 5.10. The minimum atomic E-state index is 0.653. The number of aromatic nitrogens is 5. The molecular weight excluding hydrogens is 635 g/mol. The smallest absolute Gasteiger partial charge is 0.161 e. The van der Waals surface area contributed by atoms with Crippen LogP contribution in [0, 0.1) is 0 Å². The second kappa shape index (κ2) is 11.2. The van der Waals surface area contributed by atoms with E-state index in [2.05, 4.69) is 143 Å². The quantitative estimate of drug-likeness (QED) is 0.188. The molecule has 0 radical (unpaired) electrons. The van der Waals surface area contributed by atoms with Gasteiger partial charge >= 0.3 is 0 Å². The van der Waals surface area contributed by atoms with Gasteiger partial charge in [-0.3, -0.25) is 4.57 Å². The summed E-state index contributed by atoms with van der Waals surface area (Å²) in [7, 11) is 0. The largest absolute Gasteiger partial charge is 0.309 e. The molecule has 0 aliphatic rings. The molecule has 5 nitrogen and oxygen atoms in total. The Hall–Kier alpha value is -7.11. The first kappa shape index (κ1) is 28.7. The van der Waals surface area contributed by atoms with Crippen LogP contribution >= 0.6 is 0 Å². The summed E-state index contributed by atoms with van der Waals surface area (Å²) >= 11 is 0. The molecule has 4 heterocycles. The fourth-order valence-electron chi connectivity index (χ4n) is 7.94. The Kier molecular flexibility index (Phi) is 6.18. The topological polar surface area (TPSA) is 48.5 Å². The van der Waals surface area contributed by atoms with E-state index in [1.54, 1.807) is 0 Å². The van der Waals surface area contributed by atoms with Crippen LogP contribution in [0.15, 0.2) is 176 Å². The lowest BCUT2D eigenvalue weighted by molar-refractivity contribution is 1.08. The van der Waals surface area contributed by atoms with Crippen LogP contribution in [-0.4, -0.2) is 24.1 Å². The third-order valence-electron chi connectivity index (χ3n) is 10.3. The first-order chi connectivity index (χ1) is 25.8. The van der Waals surface area contributed by atoms with Crippen molar-refractivity contribution >= 4 is 65.3 Å². The molecule has 11 aromatic rings.